The Morgan fingerprint density at radius 3 is 2.53 bits per heavy atom. The van der Waals surface area contributed by atoms with Gasteiger partial charge < -0.3 is 10.2 Å². The van der Waals surface area contributed by atoms with Crippen LogP contribution in [0, 0.1) is 5.82 Å². The maximum absolute atomic E-state index is 13.1. The summed E-state index contributed by atoms with van der Waals surface area (Å²) in [5, 5.41) is 0.385. The van der Waals surface area contributed by atoms with Gasteiger partial charge >= 0.3 is 0 Å². The molecule has 0 spiro atoms. The van der Waals surface area contributed by atoms with Crippen LogP contribution in [0.4, 0.5) is 4.39 Å². The fraction of sp³-hybridized carbons (Fsp3) is 0.300. The molecule has 1 aliphatic heterocycles. The summed E-state index contributed by atoms with van der Waals surface area (Å²) in [5.74, 6) is -0.153. The minimum atomic E-state index is -3.55. The van der Waals surface area contributed by atoms with E-state index in [2.05, 4.69) is 9.98 Å². The monoisotopic (exact) mass is 467 g/mol. The average Bonchev–Trinajstić information content (AvgIpc) is 3.27. The van der Waals surface area contributed by atoms with Crippen LogP contribution in [0.1, 0.15) is 25.6 Å². The van der Waals surface area contributed by atoms with Gasteiger partial charge in [0.05, 0.1) is 20.5 Å². The molecule has 1 aliphatic rings. The van der Waals surface area contributed by atoms with E-state index in [-0.39, 0.29) is 17.4 Å². The Morgan fingerprint density at radius 1 is 1.23 bits per heavy atom. The number of aliphatic imine (C=N–C) groups is 1. The van der Waals surface area contributed by atoms with Crippen LogP contribution in [0.2, 0.25) is 5.02 Å². The molecular weight excluding hydrogens is 449 g/mol. The molecule has 0 aliphatic carbocycles. The Hall–Kier alpha value is -2.23. The molecule has 158 valence electrons. The van der Waals surface area contributed by atoms with E-state index in [0.717, 1.165) is 0 Å². The summed E-state index contributed by atoms with van der Waals surface area (Å²) in [6.45, 7) is 4.81. The van der Waals surface area contributed by atoms with Crippen LogP contribution in [-0.2, 0) is 15.4 Å². The third-order valence-corrected chi connectivity index (χ3v) is 9.78. The van der Waals surface area contributed by atoms with E-state index < -0.39 is 20.1 Å². The van der Waals surface area contributed by atoms with E-state index >= 15 is 0 Å². The van der Waals surface area contributed by atoms with E-state index in [1.165, 1.54) is 29.7 Å². The summed E-state index contributed by atoms with van der Waals surface area (Å²) in [5.41, 5.74) is 6.10. The minimum Gasteiger partial charge on any atom is -0.444 e. The molecule has 0 saturated heterocycles. The summed E-state index contributed by atoms with van der Waals surface area (Å²) >= 11 is 7.77. The van der Waals surface area contributed by atoms with Crippen molar-refractivity contribution < 1.29 is 17.2 Å². The number of halogens is 2. The van der Waals surface area contributed by atoms with Crippen LogP contribution in [0.25, 0.3) is 22.0 Å². The fourth-order valence-electron chi connectivity index (χ4n) is 3.23. The van der Waals surface area contributed by atoms with E-state index in [4.69, 9.17) is 21.8 Å². The van der Waals surface area contributed by atoms with Crippen molar-refractivity contribution in [3.8, 4) is 22.0 Å². The topological polar surface area (TPSA) is 98.5 Å². The quantitative estimate of drug-likeness (QED) is 0.604. The predicted molar refractivity (Wildman–Crippen MR) is 117 cm³/mol. The number of hydrogen-bond acceptors (Lipinski definition) is 7. The average molecular weight is 468 g/mol. The van der Waals surface area contributed by atoms with Gasteiger partial charge in [0.15, 0.2) is 9.84 Å². The van der Waals surface area contributed by atoms with Gasteiger partial charge in [-0.25, -0.2) is 17.8 Å². The highest BCUT2D eigenvalue weighted by Crippen LogP contribution is 2.45. The van der Waals surface area contributed by atoms with Gasteiger partial charge in [0.25, 0.3) is 0 Å². The van der Waals surface area contributed by atoms with Crippen molar-refractivity contribution in [2.24, 2.45) is 10.7 Å². The zero-order valence-corrected chi connectivity index (χ0v) is 18.8. The smallest absolute Gasteiger partial charge is 0.226 e. The van der Waals surface area contributed by atoms with Gasteiger partial charge in [0.2, 0.25) is 5.89 Å². The molecule has 0 saturated carbocycles. The van der Waals surface area contributed by atoms with Crippen molar-refractivity contribution in [3.63, 3.8) is 0 Å². The van der Waals surface area contributed by atoms with Gasteiger partial charge in [-0.15, -0.1) is 11.3 Å². The molecule has 6 nitrogen and oxygen atoms in total. The Labute approximate surface area is 182 Å². The predicted octanol–water partition coefficient (Wildman–Crippen LogP) is 4.64. The number of amidine groups is 1. The lowest BCUT2D eigenvalue weighted by Crippen LogP contribution is -2.54. The van der Waals surface area contributed by atoms with Crippen LogP contribution in [0.15, 0.2) is 46.0 Å². The number of aromatic nitrogens is 1. The van der Waals surface area contributed by atoms with Crippen LogP contribution in [0.5, 0.6) is 0 Å². The Morgan fingerprint density at radius 2 is 1.90 bits per heavy atom. The van der Waals surface area contributed by atoms with Crippen LogP contribution in [-0.4, -0.2) is 29.7 Å². The first kappa shape index (κ1) is 21.0. The maximum Gasteiger partial charge on any atom is 0.226 e. The van der Waals surface area contributed by atoms with E-state index in [9.17, 15) is 12.8 Å². The summed E-state index contributed by atoms with van der Waals surface area (Å²) in [6.07, 6.45) is 1.48. The maximum atomic E-state index is 13.1. The molecular formula is C20H19ClFN3O3S2. The number of nitrogens with two attached hydrogens (primary N) is 1. The molecule has 0 amide bonds. The fourth-order valence-corrected chi connectivity index (χ4v) is 6.58. The number of oxazole rings is 1. The molecule has 0 fully saturated rings. The largest absolute Gasteiger partial charge is 0.444 e. The van der Waals surface area contributed by atoms with Crippen LogP contribution >= 0.6 is 22.9 Å². The second kappa shape index (κ2) is 6.90. The van der Waals surface area contributed by atoms with Crippen molar-refractivity contribution in [2.75, 3.05) is 5.75 Å². The first-order chi connectivity index (χ1) is 13.9. The number of hydrogen-bond donors (Lipinski definition) is 1. The number of thiophene rings is 1. The van der Waals surface area contributed by atoms with Gasteiger partial charge in [-0.05, 0) is 51.1 Å². The van der Waals surface area contributed by atoms with Gasteiger partial charge in [-0.1, -0.05) is 11.6 Å². The standard InChI is InChI=1S/C20H19ClFN3O3S2/c1-19(2)18(23)25-20(3,10-30(19,26)27)16-13(21)8-15(29-16)14-9-28-17(24-14)11-4-6-12(22)7-5-11/h4-9H,10H2,1-3H3,(H2,23,25). The highest BCUT2D eigenvalue weighted by Gasteiger charge is 2.49. The zero-order valence-electron chi connectivity index (χ0n) is 16.4. The molecule has 0 radical (unpaired) electrons. The molecule has 0 bridgehead atoms. The summed E-state index contributed by atoms with van der Waals surface area (Å²) < 4.78 is 43.1. The molecule has 1 atom stereocenters. The third kappa shape index (κ3) is 3.34. The highest BCUT2D eigenvalue weighted by atomic mass is 35.5. The zero-order chi connectivity index (χ0) is 21.9. The van der Waals surface area contributed by atoms with Crippen molar-refractivity contribution in [2.45, 2.75) is 31.1 Å². The van der Waals surface area contributed by atoms with Gasteiger partial charge in [0, 0.05) is 5.56 Å². The van der Waals surface area contributed by atoms with Crippen molar-refractivity contribution in [1.82, 2.24) is 4.98 Å². The van der Waals surface area contributed by atoms with Gasteiger partial charge in [0.1, 0.15) is 33.9 Å². The molecule has 30 heavy (non-hydrogen) atoms. The lowest BCUT2D eigenvalue weighted by Gasteiger charge is -2.37. The molecule has 4 rings (SSSR count). The lowest BCUT2D eigenvalue weighted by atomic mass is 10.0. The number of nitrogens with zero attached hydrogens (tertiary/aromatic N) is 2. The van der Waals surface area contributed by atoms with Crippen molar-refractivity contribution >= 4 is 38.6 Å². The second-order valence-corrected chi connectivity index (χ2v) is 11.9. The normalized spacial score (nSPS) is 22.6. The van der Waals surface area contributed by atoms with E-state index in [1.54, 1.807) is 39.0 Å². The Balaban J connectivity index is 1.73. The lowest BCUT2D eigenvalue weighted by molar-refractivity contribution is 0.507. The first-order valence-electron chi connectivity index (χ1n) is 9.03. The van der Waals surface area contributed by atoms with Crippen LogP contribution < -0.4 is 5.73 Å². The van der Waals surface area contributed by atoms with Crippen LogP contribution in [0.3, 0.4) is 0 Å². The molecule has 3 heterocycles. The molecule has 2 aromatic heterocycles. The van der Waals surface area contributed by atoms with Gasteiger partial charge in [-0.3, -0.25) is 4.99 Å². The van der Waals surface area contributed by atoms with Gasteiger partial charge in [-0.2, -0.15) is 0 Å². The SMILES string of the molecule is CC1(c2sc(-c3coc(-c4ccc(F)cc4)n3)cc2Cl)CS(=O)(=O)C(C)(C)C(N)=N1. The van der Waals surface area contributed by atoms with Crippen molar-refractivity contribution in [1.29, 1.82) is 0 Å². The molecule has 1 aromatic carbocycles. The second-order valence-electron chi connectivity index (χ2n) is 7.87. The highest BCUT2D eigenvalue weighted by molar-refractivity contribution is 7.93. The third-order valence-electron chi connectivity index (χ3n) is 5.26. The summed E-state index contributed by atoms with van der Waals surface area (Å²) in [6, 6.07) is 7.51. The molecule has 3 aromatic rings. The minimum absolute atomic E-state index is 0.0577. The number of benzene rings is 1. The molecule has 1 unspecified atom stereocenters. The summed E-state index contributed by atoms with van der Waals surface area (Å²) in [4.78, 5) is 10.3. The number of rotatable bonds is 3. The molecule has 10 heteroatoms. The summed E-state index contributed by atoms with van der Waals surface area (Å²) in [7, 11) is -3.55. The first-order valence-corrected chi connectivity index (χ1v) is 11.9. The van der Waals surface area contributed by atoms with E-state index in [0.29, 0.717) is 31.9 Å². The van der Waals surface area contributed by atoms with Crippen molar-refractivity contribution in [3.05, 3.63) is 52.3 Å². The number of sulfone groups is 1. The Kier molecular flexibility index (Phi) is 4.83. The van der Waals surface area contributed by atoms with E-state index in [1.807, 2.05) is 0 Å². The Bertz CT molecular complexity index is 1260. The molecule has 2 N–H and O–H groups in total.